The van der Waals surface area contributed by atoms with Gasteiger partial charge in [-0.15, -0.1) is 0 Å². The molecule has 100 valence electrons. The molecule has 0 aromatic carbocycles. The second-order valence-corrected chi connectivity index (χ2v) is 5.59. The SMILES string of the molecule is CCC=C(COCCP(=O)(OC)OC)C(=O)O. The molecule has 1 N–H and O–H groups in total. The topological polar surface area (TPSA) is 82.1 Å². The van der Waals surface area contributed by atoms with Gasteiger partial charge in [-0.25, -0.2) is 4.79 Å². The van der Waals surface area contributed by atoms with Gasteiger partial charge < -0.3 is 18.9 Å². The number of ether oxygens (including phenoxy) is 1. The van der Waals surface area contributed by atoms with Crippen LogP contribution in [0.2, 0.25) is 0 Å². The molecule has 0 rings (SSSR count). The largest absolute Gasteiger partial charge is 0.478 e. The molecule has 7 heteroatoms. The van der Waals surface area contributed by atoms with Gasteiger partial charge in [0.25, 0.3) is 0 Å². The fourth-order valence-electron chi connectivity index (χ4n) is 1.07. The minimum Gasteiger partial charge on any atom is -0.478 e. The molecule has 0 aliphatic carbocycles. The molecule has 0 aromatic rings. The Morgan fingerprint density at radius 3 is 2.35 bits per heavy atom. The third kappa shape index (κ3) is 6.58. The molecule has 6 nitrogen and oxygen atoms in total. The van der Waals surface area contributed by atoms with Crippen LogP contribution < -0.4 is 0 Å². The number of carboxylic acids is 1. The average molecular weight is 266 g/mol. The van der Waals surface area contributed by atoms with E-state index in [-0.39, 0.29) is 24.9 Å². The minimum atomic E-state index is -3.07. The Bertz CT molecular complexity index is 304. The maximum Gasteiger partial charge on any atom is 0.333 e. The van der Waals surface area contributed by atoms with Crippen molar-refractivity contribution < 1.29 is 28.3 Å². The van der Waals surface area contributed by atoms with Crippen LogP contribution in [0.3, 0.4) is 0 Å². The van der Waals surface area contributed by atoms with Crippen molar-refractivity contribution in [1.29, 1.82) is 0 Å². The Kier molecular flexibility index (Phi) is 8.08. The predicted molar refractivity (Wildman–Crippen MR) is 63.3 cm³/mol. The van der Waals surface area contributed by atoms with Crippen molar-refractivity contribution in [3.8, 4) is 0 Å². The van der Waals surface area contributed by atoms with Crippen molar-refractivity contribution in [2.75, 3.05) is 33.6 Å². The third-order valence-electron chi connectivity index (χ3n) is 2.05. The molecule has 0 aliphatic rings. The number of hydrogen-bond donors (Lipinski definition) is 1. The fourth-order valence-corrected chi connectivity index (χ4v) is 1.94. The highest BCUT2D eigenvalue weighted by Gasteiger charge is 2.20. The van der Waals surface area contributed by atoms with Gasteiger partial charge in [-0.2, -0.15) is 0 Å². The summed E-state index contributed by atoms with van der Waals surface area (Å²) in [5, 5.41) is 8.80. The minimum absolute atomic E-state index is 0.0173. The van der Waals surface area contributed by atoms with Crippen LogP contribution >= 0.6 is 7.60 Å². The quantitative estimate of drug-likeness (QED) is 0.390. The molecule has 0 saturated heterocycles. The highest BCUT2D eigenvalue weighted by atomic mass is 31.2. The summed E-state index contributed by atoms with van der Waals surface area (Å²) in [6.45, 7) is 1.94. The predicted octanol–water partition coefficient (Wildman–Crippen LogP) is 1.91. The highest BCUT2D eigenvalue weighted by Crippen LogP contribution is 2.45. The number of aliphatic carboxylic acids is 1. The maximum atomic E-state index is 11.6. The van der Waals surface area contributed by atoms with Crippen LogP contribution in [0, 0.1) is 0 Å². The van der Waals surface area contributed by atoms with E-state index in [1.165, 1.54) is 14.2 Å². The van der Waals surface area contributed by atoms with Crippen LogP contribution in [0.25, 0.3) is 0 Å². The number of hydrogen-bond acceptors (Lipinski definition) is 5. The standard InChI is InChI=1S/C10H19O6P/c1-4-5-9(10(11)12)8-16-6-7-17(13,14-2)15-3/h5H,4,6-8H2,1-3H3,(H,11,12). The van der Waals surface area contributed by atoms with E-state index in [1.54, 1.807) is 6.08 Å². The van der Waals surface area contributed by atoms with E-state index in [9.17, 15) is 9.36 Å². The zero-order valence-corrected chi connectivity index (χ0v) is 11.2. The zero-order valence-electron chi connectivity index (χ0n) is 10.3. The summed E-state index contributed by atoms with van der Waals surface area (Å²) in [6.07, 6.45) is 2.30. The molecule has 0 saturated carbocycles. The molecule has 0 heterocycles. The molecule has 0 fully saturated rings. The summed E-state index contributed by atoms with van der Waals surface area (Å²) >= 11 is 0. The van der Waals surface area contributed by atoms with Crippen molar-refractivity contribution in [2.24, 2.45) is 0 Å². The van der Waals surface area contributed by atoms with Crippen LogP contribution in [0.15, 0.2) is 11.6 Å². The number of allylic oxidation sites excluding steroid dienone is 1. The molecule has 0 bridgehead atoms. The number of carboxylic acid groups (broad SMARTS) is 1. The van der Waals surface area contributed by atoms with Crippen LogP contribution in [-0.4, -0.2) is 44.7 Å². The van der Waals surface area contributed by atoms with E-state index >= 15 is 0 Å². The summed E-state index contributed by atoms with van der Waals surface area (Å²) in [6, 6.07) is 0. The highest BCUT2D eigenvalue weighted by molar-refractivity contribution is 7.53. The number of carbonyl (C=O) groups is 1. The first-order chi connectivity index (χ1) is 7.99. The van der Waals surface area contributed by atoms with Crippen molar-refractivity contribution in [3.05, 3.63) is 11.6 Å². The van der Waals surface area contributed by atoms with Gasteiger partial charge in [0.15, 0.2) is 0 Å². The monoisotopic (exact) mass is 266 g/mol. The Labute approximate surface area is 101 Å². The van der Waals surface area contributed by atoms with Crippen LogP contribution in [0.5, 0.6) is 0 Å². The van der Waals surface area contributed by atoms with Gasteiger partial charge in [0.05, 0.1) is 24.9 Å². The lowest BCUT2D eigenvalue weighted by Gasteiger charge is -2.13. The van der Waals surface area contributed by atoms with Crippen molar-refractivity contribution in [2.45, 2.75) is 13.3 Å². The number of rotatable bonds is 9. The van der Waals surface area contributed by atoms with E-state index in [0.29, 0.717) is 6.42 Å². The molecular weight excluding hydrogens is 247 g/mol. The summed E-state index contributed by atoms with van der Waals surface area (Å²) < 4.78 is 26.1. The fraction of sp³-hybridized carbons (Fsp3) is 0.700. The summed E-state index contributed by atoms with van der Waals surface area (Å²) in [5.74, 6) is -1.01. The van der Waals surface area contributed by atoms with Gasteiger partial charge in [0.2, 0.25) is 0 Å². The van der Waals surface area contributed by atoms with E-state index < -0.39 is 13.6 Å². The molecule has 0 radical (unpaired) electrons. The molecular formula is C10H19O6P. The Hall–Kier alpha value is -0.680. The Morgan fingerprint density at radius 2 is 1.94 bits per heavy atom. The van der Waals surface area contributed by atoms with Gasteiger partial charge >= 0.3 is 13.6 Å². The second kappa shape index (κ2) is 8.42. The van der Waals surface area contributed by atoms with Gasteiger partial charge in [0.1, 0.15) is 0 Å². The normalized spacial score (nSPS) is 12.8. The lowest BCUT2D eigenvalue weighted by atomic mass is 10.2. The van der Waals surface area contributed by atoms with Crippen molar-refractivity contribution in [3.63, 3.8) is 0 Å². The molecule has 0 unspecified atom stereocenters. The first kappa shape index (κ1) is 16.3. The summed E-state index contributed by atoms with van der Waals surface area (Å²) in [4.78, 5) is 10.7. The molecule has 17 heavy (non-hydrogen) atoms. The van der Waals surface area contributed by atoms with Crippen LogP contribution in [-0.2, 0) is 23.1 Å². The van der Waals surface area contributed by atoms with Gasteiger partial charge in [-0.1, -0.05) is 13.0 Å². The van der Waals surface area contributed by atoms with Gasteiger partial charge in [0, 0.05) is 14.2 Å². The molecule has 0 spiro atoms. The Balaban J connectivity index is 4.03. The molecule has 0 aliphatic heterocycles. The second-order valence-electron chi connectivity index (χ2n) is 3.20. The van der Waals surface area contributed by atoms with Gasteiger partial charge in [-0.3, -0.25) is 4.57 Å². The van der Waals surface area contributed by atoms with Crippen LogP contribution in [0.4, 0.5) is 0 Å². The van der Waals surface area contributed by atoms with E-state index in [1.807, 2.05) is 6.92 Å². The van der Waals surface area contributed by atoms with Gasteiger partial charge in [-0.05, 0) is 6.42 Å². The van der Waals surface area contributed by atoms with E-state index in [0.717, 1.165) is 0 Å². The first-order valence-corrected chi connectivity index (χ1v) is 6.92. The summed E-state index contributed by atoms with van der Waals surface area (Å²) in [7, 11) is -0.481. The third-order valence-corrected chi connectivity index (χ3v) is 3.89. The maximum absolute atomic E-state index is 11.6. The van der Waals surface area contributed by atoms with Crippen LogP contribution in [0.1, 0.15) is 13.3 Å². The molecule has 0 atom stereocenters. The lowest BCUT2D eigenvalue weighted by Crippen LogP contribution is -2.11. The smallest absolute Gasteiger partial charge is 0.333 e. The molecule has 0 amide bonds. The van der Waals surface area contributed by atoms with E-state index in [2.05, 4.69) is 0 Å². The van der Waals surface area contributed by atoms with Crippen molar-refractivity contribution >= 4 is 13.6 Å². The average Bonchev–Trinajstić information content (AvgIpc) is 2.32. The summed E-state index contributed by atoms with van der Waals surface area (Å²) in [5.41, 5.74) is 0.192. The van der Waals surface area contributed by atoms with Crippen molar-refractivity contribution in [1.82, 2.24) is 0 Å². The molecule has 0 aromatic heterocycles. The first-order valence-electron chi connectivity index (χ1n) is 5.19. The Morgan fingerprint density at radius 1 is 1.35 bits per heavy atom. The lowest BCUT2D eigenvalue weighted by molar-refractivity contribution is -0.133. The van der Waals surface area contributed by atoms with E-state index in [4.69, 9.17) is 18.9 Å². The zero-order chi connectivity index (χ0) is 13.3.